The largest absolute Gasteiger partial charge is 0.370 e. The number of hydrogen-bond donors (Lipinski definition) is 4. The molecule has 0 aromatic carbocycles. The summed E-state index contributed by atoms with van der Waals surface area (Å²) in [5.41, 5.74) is 10.9. The van der Waals surface area contributed by atoms with Crippen LogP contribution in [0.5, 0.6) is 0 Å². The molecule has 0 aliphatic rings. The molecule has 0 saturated carbocycles. The number of guanidine groups is 1. The molecular weight excluding hydrogens is 546 g/mol. The van der Waals surface area contributed by atoms with Crippen molar-refractivity contribution in [1.29, 1.82) is 0 Å². The Balaban J connectivity index is 3.94. The van der Waals surface area contributed by atoms with E-state index in [-0.39, 0.29) is 17.8 Å². The number of hydrogen-bond acceptors (Lipinski definition) is 3. The van der Waals surface area contributed by atoms with Gasteiger partial charge in [-0.1, -0.05) is 174 Å². The van der Waals surface area contributed by atoms with Gasteiger partial charge in [0.25, 0.3) is 0 Å². The normalized spacial score (nSPS) is 11.8. The molecule has 0 aromatic rings. The predicted octanol–water partition coefficient (Wildman–Crippen LogP) is 9.21. The van der Waals surface area contributed by atoms with Gasteiger partial charge in [0.1, 0.15) is 6.04 Å². The molecule has 6 N–H and O–H groups in total. The number of nitrogens with zero attached hydrogens (tertiary/aromatic N) is 1. The molecule has 1 atom stereocenters. The molecule has 7 nitrogen and oxygen atoms in total. The zero-order chi connectivity index (χ0) is 32.4. The van der Waals surface area contributed by atoms with Crippen molar-refractivity contribution in [2.24, 2.45) is 16.5 Å². The number of nitrogens with two attached hydrogens (primary N) is 2. The van der Waals surface area contributed by atoms with E-state index in [2.05, 4.69) is 29.5 Å². The lowest BCUT2D eigenvalue weighted by Crippen LogP contribution is -2.47. The first-order valence-corrected chi connectivity index (χ1v) is 19.1. The summed E-state index contributed by atoms with van der Waals surface area (Å²) < 4.78 is 0. The molecule has 0 aliphatic carbocycles. The van der Waals surface area contributed by atoms with Crippen molar-refractivity contribution in [3.05, 3.63) is 0 Å². The van der Waals surface area contributed by atoms with Crippen LogP contribution >= 0.6 is 0 Å². The summed E-state index contributed by atoms with van der Waals surface area (Å²) in [7, 11) is 0. The van der Waals surface area contributed by atoms with Crippen LogP contribution in [-0.4, -0.2) is 36.9 Å². The Morgan fingerprint density at radius 2 is 0.909 bits per heavy atom. The van der Waals surface area contributed by atoms with Crippen LogP contribution in [0.2, 0.25) is 0 Å². The van der Waals surface area contributed by atoms with Gasteiger partial charge in [-0.25, -0.2) is 0 Å². The number of rotatable bonds is 34. The summed E-state index contributed by atoms with van der Waals surface area (Å²) in [6.45, 7) is 5.50. The van der Waals surface area contributed by atoms with Gasteiger partial charge < -0.3 is 22.1 Å². The number of unbranched alkanes of at least 4 members (excludes halogenated alkanes) is 25. The van der Waals surface area contributed by atoms with Crippen LogP contribution in [0.4, 0.5) is 0 Å². The van der Waals surface area contributed by atoms with Crippen molar-refractivity contribution in [3.63, 3.8) is 0 Å². The zero-order valence-corrected chi connectivity index (χ0v) is 29.4. The van der Waals surface area contributed by atoms with Crippen molar-refractivity contribution in [2.75, 3.05) is 13.1 Å². The van der Waals surface area contributed by atoms with E-state index in [9.17, 15) is 9.59 Å². The van der Waals surface area contributed by atoms with E-state index in [1.54, 1.807) is 0 Å². The molecule has 0 aromatic heterocycles. The molecule has 0 aliphatic heterocycles. The fourth-order valence-corrected chi connectivity index (χ4v) is 5.82. The monoisotopic (exact) mass is 622 g/mol. The highest BCUT2D eigenvalue weighted by molar-refractivity contribution is 5.87. The van der Waals surface area contributed by atoms with E-state index >= 15 is 0 Å². The first-order chi connectivity index (χ1) is 21.5. The summed E-state index contributed by atoms with van der Waals surface area (Å²) >= 11 is 0. The summed E-state index contributed by atoms with van der Waals surface area (Å²) in [5, 5.41) is 5.96. The van der Waals surface area contributed by atoms with Crippen molar-refractivity contribution >= 4 is 17.8 Å². The summed E-state index contributed by atoms with van der Waals surface area (Å²) in [6, 6.07) is -0.598. The van der Waals surface area contributed by atoms with Gasteiger partial charge in [0.2, 0.25) is 11.8 Å². The number of carbonyl (C=O) groups excluding carboxylic acids is 2. The number of aliphatic imine (C=N–C) groups is 1. The molecule has 0 radical (unpaired) electrons. The van der Waals surface area contributed by atoms with Crippen LogP contribution in [0.15, 0.2) is 4.99 Å². The van der Waals surface area contributed by atoms with Gasteiger partial charge in [0, 0.05) is 19.5 Å². The van der Waals surface area contributed by atoms with E-state index in [0.717, 1.165) is 25.7 Å². The molecule has 2 amide bonds. The highest BCUT2D eigenvalue weighted by Gasteiger charge is 2.20. The van der Waals surface area contributed by atoms with E-state index < -0.39 is 6.04 Å². The van der Waals surface area contributed by atoms with Crippen LogP contribution in [0, 0.1) is 0 Å². The summed E-state index contributed by atoms with van der Waals surface area (Å²) in [4.78, 5) is 29.4. The van der Waals surface area contributed by atoms with Gasteiger partial charge in [-0.05, 0) is 19.3 Å². The third-order valence-electron chi connectivity index (χ3n) is 8.70. The van der Waals surface area contributed by atoms with Crippen molar-refractivity contribution in [1.82, 2.24) is 10.6 Å². The molecule has 260 valence electrons. The molecule has 44 heavy (non-hydrogen) atoms. The maximum atomic E-state index is 12.8. The maximum absolute atomic E-state index is 12.8. The second-order valence-corrected chi connectivity index (χ2v) is 13.1. The highest BCUT2D eigenvalue weighted by atomic mass is 16.2. The van der Waals surface area contributed by atoms with E-state index in [1.807, 2.05) is 0 Å². The lowest BCUT2D eigenvalue weighted by molar-refractivity contribution is -0.129. The van der Waals surface area contributed by atoms with Gasteiger partial charge in [-0.3, -0.25) is 14.6 Å². The fourth-order valence-electron chi connectivity index (χ4n) is 5.82. The minimum absolute atomic E-state index is 0.00451. The summed E-state index contributed by atoms with van der Waals surface area (Å²) in [6.07, 6.45) is 35.8. The average molecular weight is 622 g/mol. The zero-order valence-electron chi connectivity index (χ0n) is 29.4. The Kier molecular flexibility index (Phi) is 32.7. The van der Waals surface area contributed by atoms with Gasteiger partial charge in [-0.2, -0.15) is 0 Å². The van der Waals surface area contributed by atoms with Gasteiger partial charge >= 0.3 is 0 Å². The number of nitrogens with one attached hydrogen (secondary N) is 2. The van der Waals surface area contributed by atoms with E-state index in [0.29, 0.717) is 25.9 Å². The first kappa shape index (κ1) is 42.2. The molecule has 0 saturated heterocycles. The Bertz CT molecular complexity index is 666. The Hall–Kier alpha value is -1.79. The quantitative estimate of drug-likeness (QED) is 0.0325. The average Bonchev–Trinajstić information content (AvgIpc) is 3.00. The molecule has 7 heteroatoms. The second-order valence-electron chi connectivity index (χ2n) is 13.1. The van der Waals surface area contributed by atoms with Gasteiger partial charge in [-0.15, -0.1) is 0 Å². The summed E-state index contributed by atoms with van der Waals surface area (Å²) in [5.74, 6) is -0.191. The third-order valence-corrected chi connectivity index (χ3v) is 8.70. The van der Waals surface area contributed by atoms with Gasteiger partial charge in [0.05, 0.1) is 0 Å². The third kappa shape index (κ3) is 31.6. The lowest BCUT2D eigenvalue weighted by atomic mass is 10.0. The standard InChI is InChI=1S/C37H75N5O2/c1-3-5-7-9-11-13-15-17-19-21-23-25-27-29-32-40-36(44)34(31-33-41-37(38)39)42-35(43)30-28-26-24-22-20-18-16-14-12-10-8-6-4-2/h34H,3-33H2,1-2H3,(H,40,44)(H,42,43)(H4,38,39,41). The molecule has 0 bridgehead atoms. The number of carbonyl (C=O) groups is 2. The van der Waals surface area contributed by atoms with Crippen LogP contribution in [0.3, 0.4) is 0 Å². The Morgan fingerprint density at radius 1 is 0.545 bits per heavy atom. The van der Waals surface area contributed by atoms with Crippen LogP contribution in [0.1, 0.15) is 200 Å². The van der Waals surface area contributed by atoms with Crippen molar-refractivity contribution in [3.8, 4) is 0 Å². The van der Waals surface area contributed by atoms with Crippen LogP contribution in [-0.2, 0) is 9.59 Å². The lowest BCUT2D eigenvalue weighted by Gasteiger charge is -2.18. The molecule has 0 fully saturated rings. The predicted molar refractivity (Wildman–Crippen MR) is 191 cm³/mol. The SMILES string of the molecule is CCCCCCCCCCCCCCCCNC(=O)C(CCN=C(N)N)NC(=O)CCCCCCCCCCCCCCC. The van der Waals surface area contributed by atoms with Crippen molar-refractivity contribution < 1.29 is 9.59 Å². The van der Waals surface area contributed by atoms with Gasteiger partial charge in [0.15, 0.2) is 5.96 Å². The highest BCUT2D eigenvalue weighted by Crippen LogP contribution is 2.14. The van der Waals surface area contributed by atoms with E-state index in [1.165, 1.54) is 148 Å². The molecule has 0 heterocycles. The molecule has 0 spiro atoms. The van der Waals surface area contributed by atoms with Crippen LogP contribution in [0.25, 0.3) is 0 Å². The second kappa shape index (κ2) is 34.1. The number of amides is 2. The minimum Gasteiger partial charge on any atom is -0.370 e. The van der Waals surface area contributed by atoms with Crippen molar-refractivity contribution in [2.45, 2.75) is 206 Å². The smallest absolute Gasteiger partial charge is 0.242 e. The van der Waals surface area contributed by atoms with Crippen LogP contribution < -0.4 is 22.1 Å². The molecule has 1 unspecified atom stereocenters. The topological polar surface area (TPSA) is 123 Å². The molecule has 0 rings (SSSR count). The first-order valence-electron chi connectivity index (χ1n) is 19.1. The van der Waals surface area contributed by atoms with E-state index in [4.69, 9.17) is 11.5 Å². The molecular formula is C37H75N5O2. The maximum Gasteiger partial charge on any atom is 0.242 e. The Labute approximate surface area is 273 Å². The minimum atomic E-state index is -0.598. The Morgan fingerprint density at radius 3 is 1.30 bits per heavy atom. The fraction of sp³-hybridized carbons (Fsp3) is 0.919.